The average Bonchev–Trinajstić information content (AvgIpc) is 3.35. The van der Waals surface area contributed by atoms with Crippen LogP contribution >= 0.6 is 0 Å². The number of fused-ring (bicyclic) bond motifs is 7. The number of rotatable bonds is 9. The van der Waals surface area contributed by atoms with Crippen molar-refractivity contribution < 1.29 is 19.1 Å². The number of allylic oxidation sites excluding steroid dienone is 2. The lowest BCUT2D eigenvalue weighted by molar-refractivity contribution is -0.151. The fourth-order valence-corrected chi connectivity index (χ4v) is 10.3. The third-order valence-corrected chi connectivity index (χ3v) is 12.4. The van der Waals surface area contributed by atoms with Gasteiger partial charge in [-0.25, -0.2) is 0 Å². The number of esters is 1. The molecule has 1 heterocycles. The van der Waals surface area contributed by atoms with Crippen LogP contribution in [-0.4, -0.2) is 30.1 Å². The second-order valence-corrected chi connectivity index (χ2v) is 14.8. The number of hydrogen-bond acceptors (Lipinski definition) is 4. The van der Waals surface area contributed by atoms with Crippen molar-refractivity contribution >= 4 is 11.9 Å². The summed E-state index contributed by atoms with van der Waals surface area (Å²) < 4.78 is 13.0. The zero-order valence-electron chi connectivity index (χ0n) is 26.4. The molecule has 1 amide bonds. The lowest BCUT2D eigenvalue weighted by Gasteiger charge is -2.58. The zero-order chi connectivity index (χ0) is 28.9. The molecule has 0 spiro atoms. The molecule has 9 atom stereocenters. The Labute approximate surface area is 243 Å². The number of carbonyl (C=O) groups excluding carboxylic acids is 2. The van der Waals surface area contributed by atoms with E-state index in [1.807, 2.05) is 6.92 Å². The van der Waals surface area contributed by atoms with Crippen LogP contribution in [-0.2, 0) is 19.1 Å². The Balaban J connectivity index is 1.32. The van der Waals surface area contributed by atoms with Crippen LogP contribution in [0.2, 0.25) is 0 Å². The predicted molar refractivity (Wildman–Crippen MR) is 159 cm³/mol. The van der Waals surface area contributed by atoms with Crippen molar-refractivity contribution in [1.29, 1.82) is 0 Å². The van der Waals surface area contributed by atoms with Crippen LogP contribution in [0.15, 0.2) is 23.0 Å². The molecule has 5 nitrogen and oxygen atoms in total. The van der Waals surface area contributed by atoms with Crippen molar-refractivity contribution in [1.82, 2.24) is 5.32 Å². The number of nitrogens with one attached hydrogen (secondary N) is 1. The van der Waals surface area contributed by atoms with Gasteiger partial charge in [0.05, 0.1) is 5.76 Å². The maximum absolute atomic E-state index is 12.2. The molecule has 40 heavy (non-hydrogen) atoms. The van der Waals surface area contributed by atoms with E-state index in [-0.39, 0.29) is 29.0 Å². The minimum Gasteiger partial charge on any atom is -0.491 e. The van der Waals surface area contributed by atoms with Gasteiger partial charge in [-0.3, -0.25) is 9.59 Å². The van der Waals surface area contributed by atoms with E-state index < -0.39 is 0 Å². The molecule has 3 saturated carbocycles. The highest BCUT2D eigenvalue weighted by Crippen LogP contribution is 2.72. The summed E-state index contributed by atoms with van der Waals surface area (Å²) in [6.45, 7) is 16.5. The Bertz CT molecular complexity index is 1060. The second kappa shape index (κ2) is 11.1. The maximum Gasteiger partial charge on any atom is 0.306 e. The van der Waals surface area contributed by atoms with E-state index in [9.17, 15) is 9.59 Å². The van der Waals surface area contributed by atoms with E-state index in [4.69, 9.17) is 9.47 Å². The van der Waals surface area contributed by atoms with Crippen LogP contribution < -0.4 is 5.32 Å². The Morgan fingerprint density at radius 1 is 1.18 bits per heavy atom. The first kappa shape index (κ1) is 29.7. The van der Waals surface area contributed by atoms with Crippen molar-refractivity contribution in [3.05, 3.63) is 23.0 Å². The predicted octanol–water partition coefficient (Wildman–Crippen LogP) is 7.89. The molecular formula is C35H55NO4. The largest absolute Gasteiger partial charge is 0.491 e. The monoisotopic (exact) mass is 553 g/mol. The van der Waals surface area contributed by atoms with Crippen molar-refractivity contribution in [2.45, 2.75) is 137 Å². The summed E-state index contributed by atoms with van der Waals surface area (Å²) in [6.07, 6.45) is 15.2. The van der Waals surface area contributed by atoms with Gasteiger partial charge in [0.1, 0.15) is 11.7 Å². The summed E-state index contributed by atoms with van der Waals surface area (Å²) in [6, 6.07) is 0. The van der Waals surface area contributed by atoms with Crippen LogP contribution in [0.3, 0.4) is 0 Å². The van der Waals surface area contributed by atoms with Gasteiger partial charge in [0, 0.05) is 38.6 Å². The molecule has 0 aromatic heterocycles. The van der Waals surface area contributed by atoms with E-state index in [1.54, 1.807) is 12.5 Å². The molecule has 4 aliphatic carbocycles. The SMILES string of the molecule is CCCC(=O)O[C@H]1CC[C@@]2(C)C(=CC[C@H]3[C@@H]4C[C@]5(CC)OC(CC[C@@H](C)CNC(C)=O)=C(C)[C@@H]5[C@@]4(C)CC[C@@H]32)C1. The molecule has 3 fully saturated rings. The van der Waals surface area contributed by atoms with Crippen LogP contribution in [0.4, 0.5) is 0 Å². The third kappa shape index (κ3) is 4.96. The second-order valence-electron chi connectivity index (χ2n) is 14.8. The molecule has 1 N–H and O–H groups in total. The summed E-state index contributed by atoms with van der Waals surface area (Å²) in [5.74, 6) is 4.38. The van der Waals surface area contributed by atoms with E-state index in [0.29, 0.717) is 29.6 Å². The average molecular weight is 554 g/mol. The summed E-state index contributed by atoms with van der Waals surface area (Å²) in [4.78, 5) is 23.5. The van der Waals surface area contributed by atoms with Crippen molar-refractivity contribution in [2.24, 2.45) is 40.4 Å². The van der Waals surface area contributed by atoms with Gasteiger partial charge in [0.2, 0.25) is 5.91 Å². The molecular weight excluding hydrogens is 498 g/mol. The fourth-order valence-electron chi connectivity index (χ4n) is 10.3. The van der Waals surface area contributed by atoms with Gasteiger partial charge >= 0.3 is 5.97 Å². The Kier molecular flexibility index (Phi) is 8.27. The Morgan fingerprint density at radius 3 is 2.65 bits per heavy atom. The smallest absolute Gasteiger partial charge is 0.306 e. The highest BCUT2D eigenvalue weighted by Gasteiger charge is 2.68. The first-order valence-electron chi connectivity index (χ1n) is 16.5. The van der Waals surface area contributed by atoms with Gasteiger partial charge < -0.3 is 14.8 Å². The zero-order valence-corrected chi connectivity index (χ0v) is 26.4. The molecule has 0 aromatic carbocycles. The fraction of sp³-hybridized carbons (Fsp3) is 0.829. The lowest BCUT2D eigenvalue weighted by Crippen LogP contribution is -2.50. The highest BCUT2D eigenvalue weighted by molar-refractivity contribution is 5.72. The number of carbonyl (C=O) groups is 2. The molecule has 0 unspecified atom stereocenters. The van der Waals surface area contributed by atoms with Gasteiger partial charge in [0.15, 0.2) is 0 Å². The van der Waals surface area contributed by atoms with E-state index in [0.717, 1.165) is 63.3 Å². The topological polar surface area (TPSA) is 64.6 Å². The molecule has 0 radical (unpaired) electrons. The minimum atomic E-state index is -0.0510. The molecule has 5 aliphatic rings. The van der Waals surface area contributed by atoms with Crippen molar-refractivity contribution in [3.63, 3.8) is 0 Å². The molecule has 0 saturated heterocycles. The molecule has 5 heteroatoms. The lowest BCUT2D eigenvalue weighted by atomic mass is 9.47. The minimum absolute atomic E-state index is 0.0221. The summed E-state index contributed by atoms with van der Waals surface area (Å²) >= 11 is 0. The van der Waals surface area contributed by atoms with Gasteiger partial charge in [-0.05, 0) is 105 Å². The van der Waals surface area contributed by atoms with E-state index >= 15 is 0 Å². The van der Waals surface area contributed by atoms with Crippen LogP contribution in [0.1, 0.15) is 126 Å². The maximum atomic E-state index is 12.2. The number of amides is 1. The molecule has 0 aromatic rings. The van der Waals surface area contributed by atoms with Crippen molar-refractivity contribution in [2.75, 3.05) is 6.54 Å². The van der Waals surface area contributed by atoms with Crippen LogP contribution in [0.5, 0.6) is 0 Å². The first-order chi connectivity index (χ1) is 19.0. The quantitative estimate of drug-likeness (QED) is 0.233. The Morgan fingerprint density at radius 2 is 1.95 bits per heavy atom. The van der Waals surface area contributed by atoms with Gasteiger partial charge in [-0.2, -0.15) is 0 Å². The third-order valence-electron chi connectivity index (χ3n) is 12.4. The molecule has 224 valence electrons. The van der Waals surface area contributed by atoms with Gasteiger partial charge in [-0.1, -0.05) is 46.3 Å². The number of hydrogen-bond donors (Lipinski definition) is 1. The van der Waals surface area contributed by atoms with E-state index in [2.05, 4.69) is 46.0 Å². The molecule has 1 aliphatic heterocycles. The molecule has 5 rings (SSSR count). The summed E-state index contributed by atoms with van der Waals surface area (Å²) in [7, 11) is 0. The highest BCUT2D eigenvalue weighted by atomic mass is 16.5. The van der Waals surface area contributed by atoms with Crippen LogP contribution in [0, 0.1) is 40.4 Å². The standard InChI is InChI=1S/C35H55NO4/c1-8-10-31(38)39-26-15-17-33(6)25(19-26)12-13-27-28(33)16-18-34(7)29(27)20-35(9-2)32(34)23(4)30(40-35)14-11-22(3)21-36-24(5)37/h12,22,26-29,32H,8-11,13-21H2,1-7H3,(H,36,37)/t22-,26+,27-,28+,29+,32-,33+,34+,35+/m1/s1. The van der Waals surface area contributed by atoms with Crippen molar-refractivity contribution in [3.8, 4) is 0 Å². The normalized spacial score (nSPS) is 40.7. The molecule has 0 bridgehead atoms. The Hall–Kier alpha value is -1.78. The number of ether oxygens (including phenoxy) is 2. The van der Waals surface area contributed by atoms with Gasteiger partial charge in [-0.15, -0.1) is 0 Å². The summed E-state index contributed by atoms with van der Waals surface area (Å²) in [5.41, 5.74) is 3.58. The first-order valence-corrected chi connectivity index (χ1v) is 16.5. The van der Waals surface area contributed by atoms with Gasteiger partial charge in [0.25, 0.3) is 0 Å². The van der Waals surface area contributed by atoms with E-state index in [1.165, 1.54) is 37.0 Å². The summed E-state index contributed by atoms with van der Waals surface area (Å²) in [5, 5.41) is 2.98. The van der Waals surface area contributed by atoms with Crippen LogP contribution in [0.25, 0.3) is 0 Å².